The third kappa shape index (κ3) is 3.76. The van der Waals surface area contributed by atoms with Crippen LogP contribution in [-0.4, -0.2) is 81.4 Å². The Kier molecular flexibility index (Phi) is 5.61. The van der Waals surface area contributed by atoms with Crippen molar-refractivity contribution in [3.63, 3.8) is 0 Å². The number of carbonyl (C=O) groups is 1. The molecule has 186 valence electrons. The minimum Gasteiger partial charge on any atom is -0.465 e. The summed E-state index contributed by atoms with van der Waals surface area (Å²) in [6, 6.07) is 1.51. The van der Waals surface area contributed by atoms with Crippen molar-refractivity contribution in [3.05, 3.63) is 33.5 Å². The van der Waals surface area contributed by atoms with Gasteiger partial charge in [0.15, 0.2) is 5.82 Å². The van der Waals surface area contributed by atoms with Crippen molar-refractivity contribution >= 4 is 50.3 Å². The summed E-state index contributed by atoms with van der Waals surface area (Å²) in [5.41, 5.74) is 1.22. The number of ether oxygens (including phenoxy) is 1. The van der Waals surface area contributed by atoms with E-state index in [1.807, 2.05) is 4.90 Å². The lowest BCUT2D eigenvalue weighted by atomic mass is 9.94. The van der Waals surface area contributed by atoms with E-state index in [1.165, 1.54) is 5.57 Å². The van der Waals surface area contributed by atoms with Gasteiger partial charge < -0.3 is 14.7 Å². The van der Waals surface area contributed by atoms with E-state index in [2.05, 4.69) is 32.4 Å². The Hall–Kier alpha value is -2.17. The van der Waals surface area contributed by atoms with Crippen molar-refractivity contribution in [2.45, 2.75) is 49.7 Å². The molecular formula is C24H26BrClFN5O3. The summed E-state index contributed by atoms with van der Waals surface area (Å²) in [6.45, 7) is 7.42. The van der Waals surface area contributed by atoms with Crippen LogP contribution in [0.2, 0.25) is 5.02 Å². The summed E-state index contributed by atoms with van der Waals surface area (Å²) in [7, 11) is 0. The first-order valence-electron chi connectivity index (χ1n) is 11.9. The lowest BCUT2D eigenvalue weighted by molar-refractivity contribution is 0.107. The molecule has 4 saturated heterocycles. The number of anilines is 1. The van der Waals surface area contributed by atoms with Gasteiger partial charge in [-0.3, -0.25) is 9.80 Å². The van der Waals surface area contributed by atoms with Crippen LogP contribution in [0.25, 0.3) is 10.9 Å². The Morgan fingerprint density at radius 1 is 1.34 bits per heavy atom. The molecule has 4 aliphatic rings. The van der Waals surface area contributed by atoms with Gasteiger partial charge in [0, 0.05) is 25.0 Å². The van der Waals surface area contributed by atoms with Gasteiger partial charge in [-0.25, -0.2) is 9.18 Å². The number of nitrogens with zero attached hydrogens (tertiary/aromatic N) is 5. The number of amides is 1. The highest BCUT2D eigenvalue weighted by molar-refractivity contribution is 9.10. The van der Waals surface area contributed by atoms with E-state index in [9.17, 15) is 9.90 Å². The summed E-state index contributed by atoms with van der Waals surface area (Å²) in [5, 5.41) is 10.4. The van der Waals surface area contributed by atoms with Crippen LogP contribution in [0.15, 0.2) is 22.7 Å². The van der Waals surface area contributed by atoms with E-state index in [0.29, 0.717) is 30.9 Å². The molecule has 1 aromatic heterocycles. The van der Waals surface area contributed by atoms with Crippen LogP contribution < -0.4 is 9.64 Å². The maximum Gasteiger partial charge on any atom is 0.407 e. The van der Waals surface area contributed by atoms with Crippen LogP contribution in [0.3, 0.4) is 0 Å². The van der Waals surface area contributed by atoms with Gasteiger partial charge in [-0.2, -0.15) is 9.97 Å². The molecule has 4 aliphatic heterocycles. The van der Waals surface area contributed by atoms with E-state index in [-0.39, 0.29) is 38.6 Å². The molecule has 1 N–H and O–H groups in total. The molecule has 0 spiro atoms. The largest absolute Gasteiger partial charge is 0.465 e. The monoisotopic (exact) mass is 565 g/mol. The van der Waals surface area contributed by atoms with Gasteiger partial charge in [0.1, 0.15) is 17.9 Å². The first kappa shape index (κ1) is 23.2. The number of halogens is 3. The average molecular weight is 567 g/mol. The Balaban J connectivity index is 1.37. The Morgan fingerprint density at radius 3 is 2.80 bits per heavy atom. The third-order valence-electron chi connectivity index (χ3n) is 7.99. The van der Waals surface area contributed by atoms with Gasteiger partial charge in [0.25, 0.3) is 0 Å². The number of rotatable bonds is 4. The van der Waals surface area contributed by atoms with Crippen LogP contribution >= 0.6 is 27.5 Å². The van der Waals surface area contributed by atoms with E-state index in [4.69, 9.17) is 21.3 Å². The number of hydrogen-bond acceptors (Lipinski definition) is 6. The zero-order valence-electron chi connectivity index (χ0n) is 19.1. The van der Waals surface area contributed by atoms with E-state index in [0.717, 1.165) is 45.2 Å². The van der Waals surface area contributed by atoms with Gasteiger partial charge in [-0.1, -0.05) is 23.8 Å². The van der Waals surface area contributed by atoms with Crippen molar-refractivity contribution in [1.29, 1.82) is 0 Å². The fourth-order valence-corrected chi connectivity index (χ4v) is 6.97. The van der Waals surface area contributed by atoms with Crippen molar-refractivity contribution in [2.24, 2.45) is 0 Å². The first-order valence-corrected chi connectivity index (χ1v) is 13.1. The van der Waals surface area contributed by atoms with Crippen molar-refractivity contribution in [3.8, 4) is 6.01 Å². The average Bonchev–Trinajstić information content (AvgIpc) is 3.43. The second-order valence-corrected chi connectivity index (χ2v) is 11.4. The molecule has 35 heavy (non-hydrogen) atoms. The SMILES string of the molecule is C=C1CN2CCCC2(COc2nc(N3C[C@H]4CC[C@@H](C3)N4C(=O)O)c3cc(Cl)c(Br)c(F)c3n2)C1. The summed E-state index contributed by atoms with van der Waals surface area (Å²) < 4.78 is 21.7. The zero-order valence-corrected chi connectivity index (χ0v) is 21.5. The van der Waals surface area contributed by atoms with E-state index >= 15 is 4.39 Å². The number of piperazine rings is 1. The van der Waals surface area contributed by atoms with Gasteiger partial charge in [-0.05, 0) is 60.6 Å². The maximum atomic E-state index is 15.3. The topological polar surface area (TPSA) is 82.0 Å². The van der Waals surface area contributed by atoms with Crippen molar-refractivity contribution in [2.75, 3.05) is 37.7 Å². The lowest BCUT2D eigenvalue weighted by Gasteiger charge is -2.40. The Bertz CT molecular complexity index is 1230. The zero-order chi connectivity index (χ0) is 24.5. The molecule has 11 heteroatoms. The molecule has 8 nitrogen and oxygen atoms in total. The normalized spacial score (nSPS) is 28.3. The number of carboxylic acid groups (broad SMARTS) is 1. The molecule has 0 aliphatic carbocycles. The highest BCUT2D eigenvalue weighted by Crippen LogP contribution is 2.42. The number of fused-ring (bicyclic) bond motifs is 4. The molecular weight excluding hydrogens is 541 g/mol. The quantitative estimate of drug-likeness (QED) is 0.425. The van der Waals surface area contributed by atoms with Crippen LogP contribution in [-0.2, 0) is 0 Å². The Morgan fingerprint density at radius 2 is 2.09 bits per heavy atom. The minimum atomic E-state index is -0.898. The summed E-state index contributed by atoms with van der Waals surface area (Å²) in [4.78, 5) is 26.9. The van der Waals surface area contributed by atoms with Gasteiger partial charge in [0.2, 0.25) is 0 Å². The number of hydrogen-bond donors (Lipinski definition) is 1. The number of aromatic nitrogens is 2. The molecule has 1 amide bonds. The molecule has 4 fully saturated rings. The van der Waals surface area contributed by atoms with Crippen LogP contribution in [0.5, 0.6) is 6.01 Å². The molecule has 1 aromatic carbocycles. The molecule has 2 bridgehead atoms. The summed E-state index contributed by atoms with van der Waals surface area (Å²) >= 11 is 9.53. The molecule has 5 heterocycles. The molecule has 6 rings (SSSR count). The summed E-state index contributed by atoms with van der Waals surface area (Å²) in [5.74, 6) is -0.0418. The maximum absolute atomic E-state index is 15.3. The standard InChI is InChI=1S/C24H26BrClFN5O3/c1-13-8-24(5-2-6-31(24)9-13)12-35-22-28-20-16(7-17(26)18(25)19(20)27)21(29-22)30-10-14-3-4-15(11-30)32(14)23(33)34/h7,14-15H,1-6,8-12H2,(H,33,34)/t14-,15+,24?. The first-order chi connectivity index (χ1) is 16.8. The van der Waals surface area contributed by atoms with Gasteiger partial charge >= 0.3 is 12.1 Å². The highest BCUT2D eigenvalue weighted by atomic mass is 79.9. The minimum absolute atomic E-state index is 0.110. The predicted molar refractivity (Wildman–Crippen MR) is 134 cm³/mol. The second kappa shape index (κ2) is 8.45. The molecule has 0 radical (unpaired) electrons. The van der Waals surface area contributed by atoms with Crippen molar-refractivity contribution < 1.29 is 19.0 Å². The fourth-order valence-electron chi connectivity index (χ4n) is 6.48. The molecule has 2 aromatic rings. The van der Waals surface area contributed by atoms with E-state index in [1.54, 1.807) is 11.0 Å². The van der Waals surface area contributed by atoms with E-state index < -0.39 is 11.9 Å². The van der Waals surface area contributed by atoms with Crippen molar-refractivity contribution in [1.82, 2.24) is 19.8 Å². The highest BCUT2D eigenvalue weighted by Gasteiger charge is 2.47. The molecule has 0 saturated carbocycles. The lowest BCUT2D eigenvalue weighted by Crippen LogP contribution is -2.55. The van der Waals surface area contributed by atoms with Crippen LogP contribution in [0.1, 0.15) is 32.1 Å². The fraction of sp³-hybridized carbons (Fsp3) is 0.542. The molecule has 3 atom stereocenters. The van der Waals surface area contributed by atoms with Gasteiger partial charge in [0.05, 0.1) is 27.1 Å². The van der Waals surface area contributed by atoms with Gasteiger partial charge in [-0.15, -0.1) is 0 Å². The second-order valence-electron chi connectivity index (χ2n) is 10.2. The Labute approximate surface area is 215 Å². The molecule has 1 unspecified atom stereocenters. The summed E-state index contributed by atoms with van der Waals surface area (Å²) in [6.07, 6.45) is 3.69. The van der Waals surface area contributed by atoms with Crippen LogP contribution in [0.4, 0.5) is 15.0 Å². The number of benzene rings is 1. The smallest absolute Gasteiger partial charge is 0.407 e. The van der Waals surface area contributed by atoms with Crippen LogP contribution in [0, 0.1) is 5.82 Å². The third-order valence-corrected chi connectivity index (χ3v) is 9.30. The predicted octanol–water partition coefficient (Wildman–Crippen LogP) is 4.69.